The molecule has 0 atom stereocenters. The first-order valence-corrected chi connectivity index (χ1v) is 13.4. The minimum Gasteiger partial charge on any atom is -0.378 e. The van der Waals surface area contributed by atoms with Crippen LogP contribution in [0.2, 0.25) is 0 Å². The highest BCUT2D eigenvalue weighted by Crippen LogP contribution is 2.38. The van der Waals surface area contributed by atoms with Crippen molar-refractivity contribution in [2.75, 3.05) is 31.2 Å². The number of morpholine rings is 1. The molecule has 1 fully saturated rings. The summed E-state index contributed by atoms with van der Waals surface area (Å²) in [4.78, 5) is 11.8. The van der Waals surface area contributed by atoms with Crippen LogP contribution >= 0.6 is 0 Å². The Morgan fingerprint density at radius 2 is 1.52 bits per heavy atom. The summed E-state index contributed by atoms with van der Waals surface area (Å²) >= 11 is 0. The van der Waals surface area contributed by atoms with E-state index in [-0.39, 0.29) is 18.4 Å². The third-order valence-corrected chi connectivity index (χ3v) is 8.51. The molecular weight excluding hydrogens is 436 g/mol. The summed E-state index contributed by atoms with van der Waals surface area (Å²) in [5, 5.41) is 0. The predicted molar refractivity (Wildman–Crippen MR) is 130 cm³/mol. The van der Waals surface area contributed by atoms with Gasteiger partial charge in [-0.15, -0.1) is 0 Å². The number of hydrogen-bond acceptors (Lipinski definition) is 6. The summed E-state index contributed by atoms with van der Waals surface area (Å²) in [6.45, 7) is 16.0. The Kier molecular flexibility index (Phi) is 6.80. The summed E-state index contributed by atoms with van der Waals surface area (Å²) in [6, 6.07) is 4.18. The molecule has 3 heterocycles. The van der Waals surface area contributed by atoms with Gasteiger partial charge in [-0.1, -0.05) is 53.7 Å². The Bertz CT molecular complexity index is 1090. The second-order valence-corrected chi connectivity index (χ2v) is 11.9. The first-order valence-electron chi connectivity index (χ1n) is 11.9. The zero-order chi connectivity index (χ0) is 23.9. The molecule has 1 aromatic heterocycles. The fraction of sp³-hybridized carbons (Fsp3) is 0.600. The van der Waals surface area contributed by atoms with Crippen LogP contribution in [0.25, 0.3) is 0 Å². The fourth-order valence-corrected chi connectivity index (χ4v) is 6.56. The lowest BCUT2D eigenvalue weighted by atomic mass is 9.89. The van der Waals surface area contributed by atoms with Crippen molar-refractivity contribution in [3.63, 3.8) is 0 Å². The first-order chi connectivity index (χ1) is 15.6. The highest BCUT2D eigenvalue weighted by Gasteiger charge is 2.36. The maximum absolute atomic E-state index is 14.1. The smallest absolute Gasteiger partial charge is 0.244 e. The van der Waals surface area contributed by atoms with E-state index < -0.39 is 10.0 Å². The molecule has 0 spiro atoms. The van der Waals surface area contributed by atoms with Crippen LogP contribution in [-0.4, -0.2) is 49.0 Å². The topological polar surface area (TPSA) is 75.6 Å². The van der Waals surface area contributed by atoms with Crippen molar-refractivity contribution in [1.82, 2.24) is 14.3 Å². The van der Waals surface area contributed by atoms with Gasteiger partial charge in [0.15, 0.2) is 0 Å². The molecule has 2 aromatic rings. The minimum atomic E-state index is -3.71. The van der Waals surface area contributed by atoms with Gasteiger partial charge in [0.1, 0.15) is 0 Å². The summed E-state index contributed by atoms with van der Waals surface area (Å²) in [7, 11) is -3.71. The Morgan fingerprint density at radius 1 is 0.909 bits per heavy atom. The molecule has 0 amide bonds. The number of ether oxygens (including phenoxy) is 1. The van der Waals surface area contributed by atoms with E-state index in [2.05, 4.69) is 63.6 Å². The molecule has 8 heteroatoms. The molecule has 7 nitrogen and oxygen atoms in total. The molecular formula is C25H36N4O3S. The molecule has 0 bridgehead atoms. The summed E-state index contributed by atoms with van der Waals surface area (Å²) < 4.78 is 35.1. The zero-order valence-electron chi connectivity index (χ0n) is 20.6. The number of benzene rings is 1. The number of fused-ring (bicyclic) bond motifs is 1. The van der Waals surface area contributed by atoms with Crippen LogP contribution in [-0.2, 0) is 27.8 Å². The van der Waals surface area contributed by atoms with Crippen LogP contribution in [0.1, 0.15) is 87.2 Å². The van der Waals surface area contributed by atoms with Crippen LogP contribution in [0.4, 0.5) is 5.95 Å². The minimum absolute atomic E-state index is 0.101. The van der Waals surface area contributed by atoms with Crippen LogP contribution in [0.5, 0.6) is 0 Å². The number of aromatic nitrogens is 2. The Morgan fingerprint density at radius 3 is 2.06 bits per heavy atom. The van der Waals surface area contributed by atoms with Crippen molar-refractivity contribution in [3.05, 3.63) is 46.3 Å². The third kappa shape index (κ3) is 4.66. The van der Waals surface area contributed by atoms with Gasteiger partial charge in [-0.25, -0.2) is 18.4 Å². The lowest BCUT2D eigenvalue weighted by Crippen LogP contribution is -2.37. The van der Waals surface area contributed by atoms with Gasteiger partial charge >= 0.3 is 0 Å². The quantitative estimate of drug-likeness (QED) is 0.621. The van der Waals surface area contributed by atoms with Gasteiger partial charge in [0.25, 0.3) is 0 Å². The van der Waals surface area contributed by atoms with Crippen molar-refractivity contribution in [2.45, 2.75) is 77.3 Å². The highest BCUT2D eigenvalue weighted by atomic mass is 32.2. The highest BCUT2D eigenvalue weighted by molar-refractivity contribution is 7.89. The Hall–Kier alpha value is -2.03. The zero-order valence-corrected chi connectivity index (χ0v) is 21.4. The van der Waals surface area contributed by atoms with Gasteiger partial charge < -0.3 is 9.64 Å². The summed E-state index contributed by atoms with van der Waals surface area (Å²) in [5.41, 5.74) is 4.67. The Labute approximate surface area is 198 Å². The molecule has 0 radical (unpaired) electrons. The lowest BCUT2D eigenvalue weighted by Gasteiger charge is -2.26. The number of hydrogen-bond donors (Lipinski definition) is 0. The van der Waals surface area contributed by atoms with Gasteiger partial charge in [0.05, 0.1) is 30.3 Å². The van der Waals surface area contributed by atoms with Crippen LogP contribution in [0.3, 0.4) is 0 Å². The molecule has 33 heavy (non-hydrogen) atoms. The second-order valence-electron chi connectivity index (χ2n) is 10.0. The molecule has 0 aliphatic carbocycles. The van der Waals surface area contributed by atoms with Gasteiger partial charge in [0, 0.05) is 31.4 Å². The van der Waals surface area contributed by atoms with Gasteiger partial charge in [-0.3, -0.25) is 0 Å². The Balaban J connectivity index is 1.72. The number of nitrogens with zero attached hydrogens (tertiary/aromatic N) is 4. The van der Waals surface area contributed by atoms with Crippen molar-refractivity contribution in [1.29, 1.82) is 0 Å². The van der Waals surface area contributed by atoms with Crippen molar-refractivity contribution >= 4 is 16.0 Å². The largest absolute Gasteiger partial charge is 0.378 e. The summed E-state index contributed by atoms with van der Waals surface area (Å²) in [5.74, 6) is 1.19. The first kappa shape index (κ1) is 24.1. The number of anilines is 1. The maximum Gasteiger partial charge on any atom is 0.244 e. The molecule has 1 saturated heterocycles. The van der Waals surface area contributed by atoms with E-state index in [1.54, 1.807) is 10.5 Å². The van der Waals surface area contributed by atoms with E-state index in [4.69, 9.17) is 9.72 Å². The molecule has 4 rings (SSSR count). The number of rotatable bonds is 6. The standard InChI is InChI=1S/C25H36N4O3S/c1-16(2)19-11-21(17(3)4)24(22(12-19)18(5)6)33(30,31)29-14-20-13-26-25(27-23(20)15-29)28-7-9-32-10-8-28/h11-13,16-18H,7-10,14-15H2,1-6H3. The van der Waals surface area contributed by atoms with Gasteiger partial charge in [0.2, 0.25) is 16.0 Å². The molecule has 180 valence electrons. The van der Waals surface area contributed by atoms with Crippen molar-refractivity contribution in [3.8, 4) is 0 Å². The normalized spacial score (nSPS) is 17.4. The molecule has 1 aromatic carbocycles. The average molecular weight is 473 g/mol. The maximum atomic E-state index is 14.1. The van der Waals surface area contributed by atoms with Crippen LogP contribution in [0.15, 0.2) is 23.2 Å². The lowest BCUT2D eigenvalue weighted by molar-refractivity contribution is 0.122. The van der Waals surface area contributed by atoms with E-state index in [0.29, 0.717) is 36.5 Å². The fourth-order valence-electron chi connectivity index (χ4n) is 4.52. The molecule has 2 aliphatic heterocycles. The average Bonchev–Trinajstić information content (AvgIpc) is 3.23. The molecule has 0 N–H and O–H groups in total. The van der Waals surface area contributed by atoms with Crippen LogP contribution in [0, 0.1) is 0 Å². The molecule has 0 saturated carbocycles. The van der Waals surface area contributed by atoms with E-state index in [1.807, 2.05) is 0 Å². The summed E-state index contributed by atoms with van der Waals surface area (Å²) in [6.07, 6.45) is 1.79. The van der Waals surface area contributed by atoms with E-state index in [0.717, 1.165) is 35.5 Å². The van der Waals surface area contributed by atoms with E-state index in [1.165, 1.54) is 5.56 Å². The second kappa shape index (κ2) is 9.31. The SMILES string of the molecule is CC(C)c1cc(C(C)C)c(S(=O)(=O)N2Cc3cnc(N4CCOCC4)nc3C2)c(C(C)C)c1. The predicted octanol–water partition coefficient (Wildman–Crippen LogP) is 4.39. The van der Waals surface area contributed by atoms with Gasteiger partial charge in [-0.05, 0) is 34.4 Å². The van der Waals surface area contributed by atoms with E-state index >= 15 is 0 Å². The third-order valence-electron chi connectivity index (χ3n) is 6.59. The van der Waals surface area contributed by atoms with Crippen molar-refractivity contribution in [2.24, 2.45) is 0 Å². The van der Waals surface area contributed by atoms with Crippen LogP contribution < -0.4 is 4.90 Å². The monoisotopic (exact) mass is 472 g/mol. The number of sulfonamides is 1. The van der Waals surface area contributed by atoms with Gasteiger partial charge in [-0.2, -0.15) is 4.31 Å². The molecule has 0 unspecified atom stereocenters. The van der Waals surface area contributed by atoms with E-state index in [9.17, 15) is 8.42 Å². The van der Waals surface area contributed by atoms with Crippen molar-refractivity contribution < 1.29 is 13.2 Å². The molecule has 2 aliphatic rings.